The minimum atomic E-state index is -2.29. The maximum atomic E-state index is 13.3. The highest BCUT2D eigenvalue weighted by atomic mass is 19.2. The molecular formula is C10H7F5N2O. The van der Waals surface area contributed by atoms with Gasteiger partial charge in [-0.1, -0.05) is 0 Å². The summed E-state index contributed by atoms with van der Waals surface area (Å²) in [5.74, 6) is -12.1. The maximum absolute atomic E-state index is 13.3. The van der Waals surface area contributed by atoms with Gasteiger partial charge in [-0.2, -0.15) is 0 Å². The summed E-state index contributed by atoms with van der Waals surface area (Å²) < 4.78 is 65.0. The van der Waals surface area contributed by atoms with Crippen LogP contribution in [0.5, 0.6) is 0 Å². The summed E-state index contributed by atoms with van der Waals surface area (Å²) >= 11 is 0. The van der Waals surface area contributed by atoms with Crippen LogP contribution in [0.4, 0.5) is 22.0 Å². The Balaban J connectivity index is 2.48. The minimum absolute atomic E-state index is 0.0122. The Kier molecular flexibility index (Phi) is 2.97. The van der Waals surface area contributed by atoms with Gasteiger partial charge in [0, 0.05) is 19.1 Å². The monoisotopic (exact) mass is 266 g/mol. The first-order valence-electron chi connectivity index (χ1n) is 4.90. The molecule has 2 N–H and O–H groups in total. The second kappa shape index (κ2) is 4.20. The predicted molar refractivity (Wildman–Crippen MR) is 50.1 cm³/mol. The van der Waals surface area contributed by atoms with E-state index in [2.05, 4.69) is 0 Å². The number of nitrogens with two attached hydrogens (primary N) is 1. The molecule has 0 saturated carbocycles. The number of hydrogen-bond acceptors (Lipinski definition) is 2. The quantitative estimate of drug-likeness (QED) is 0.471. The topological polar surface area (TPSA) is 46.3 Å². The SMILES string of the molecule is NC1CN(C(=O)c2c(F)c(F)c(F)c(F)c2F)C1. The van der Waals surface area contributed by atoms with Gasteiger partial charge in [-0.3, -0.25) is 4.79 Å². The van der Waals surface area contributed by atoms with Gasteiger partial charge in [-0.05, 0) is 0 Å². The second-order valence-electron chi connectivity index (χ2n) is 3.92. The van der Waals surface area contributed by atoms with Crippen molar-refractivity contribution >= 4 is 5.91 Å². The number of benzene rings is 1. The van der Waals surface area contributed by atoms with Crippen molar-refractivity contribution in [1.82, 2.24) is 4.90 Å². The van der Waals surface area contributed by atoms with E-state index in [1.165, 1.54) is 0 Å². The molecule has 0 bridgehead atoms. The van der Waals surface area contributed by atoms with Crippen molar-refractivity contribution < 1.29 is 26.7 Å². The van der Waals surface area contributed by atoms with Crippen LogP contribution in [-0.4, -0.2) is 29.9 Å². The van der Waals surface area contributed by atoms with Gasteiger partial charge in [-0.25, -0.2) is 22.0 Å². The van der Waals surface area contributed by atoms with E-state index in [-0.39, 0.29) is 19.1 Å². The third kappa shape index (κ3) is 1.72. The van der Waals surface area contributed by atoms with Crippen LogP contribution in [0.25, 0.3) is 0 Å². The van der Waals surface area contributed by atoms with E-state index < -0.39 is 40.6 Å². The lowest BCUT2D eigenvalue weighted by atomic mass is 10.1. The van der Waals surface area contributed by atoms with Crippen molar-refractivity contribution in [3.05, 3.63) is 34.6 Å². The Morgan fingerprint density at radius 3 is 1.72 bits per heavy atom. The van der Waals surface area contributed by atoms with E-state index >= 15 is 0 Å². The lowest BCUT2D eigenvalue weighted by molar-refractivity contribution is 0.0594. The van der Waals surface area contributed by atoms with Gasteiger partial charge < -0.3 is 10.6 Å². The van der Waals surface area contributed by atoms with Crippen LogP contribution in [0.2, 0.25) is 0 Å². The van der Waals surface area contributed by atoms with Crippen LogP contribution in [-0.2, 0) is 0 Å². The fourth-order valence-corrected chi connectivity index (χ4v) is 1.63. The molecule has 3 nitrogen and oxygen atoms in total. The first kappa shape index (κ1) is 12.7. The van der Waals surface area contributed by atoms with Crippen molar-refractivity contribution in [2.75, 3.05) is 13.1 Å². The van der Waals surface area contributed by atoms with Crippen molar-refractivity contribution in [1.29, 1.82) is 0 Å². The van der Waals surface area contributed by atoms with Crippen LogP contribution < -0.4 is 5.73 Å². The van der Waals surface area contributed by atoms with Gasteiger partial charge in [0.15, 0.2) is 23.3 Å². The predicted octanol–water partition coefficient (Wildman–Crippen LogP) is 1.17. The molecule has 1 fully saturated rings. The number of likely N-dealkylation sites (tertiary alicyclic amines) is 1. The summed E-state index contributed by atoms with van der Waals surface area (Å²) in [5, 5.41) is 0. The van der Waals surface area contributed by atoms with E-state index in [0.29, 0.717) is 0 Å². The molecule has 18 heavy (non-hydrogen) atoms. The Labute approximate surface area is 98.0 Å². The summed E-state index contributed by atoms with van der Waals surface area (Å²) in [7, 11) is 0. The fourth-order valence-electron chi connectivity index (χ4n) is 1.63. The Morgan fingerprint density at radius 1 is 0.944 bits per heavy atom. The number of nitrogens with zero attached hydrogens (tertiary/aromatic N) is 1. The number of rotatable bonds is 1. The van der Waals surface area contributed by atoms with Crippen molar-refractivity contribution in [3.63, 3.8) is 0 Å². The highest BCUT2D eigenvalue weighted by molar-refractivity contribution is 5.95. The number of amides is 1. The highest BCUT2D eigenvalue weighted by Gasteiger charge is 2.35. The van der Waals surface area contributed by atoms with Gasteiger partial charge >= 0.3 is 0 Å². The smallest absolute Gasteiger partial charge is 0.260 e. The molecule has 0 unspecified atom stereocenters. The molecule has 1 amide bonds. The van der Waals surface area contributed by atoms with Gasteiger partial charge in [0.25, 0.3) is 5.91 Å². The zero-order chi connectivity index (χ0) is 13.6. The average molecular weight is 266 g/mol. The highest BCUT2D eigenvalue weighted by Crippen LogP contribution is 2.25. The standard InChI is InChI=1S/C10H7F5N2O/c11-5-4(10(18)17-1-3(16)2-17)6(12)8(14)9(15)7(5)13/h3H,1-2,16H2. The lowest BCUT2D eigenvalue weighted by Crippen LogP contribution is -2.58. The summed E-state index contributed by atoms with van der Waals surface area (Å²) in [5.41, 5.74) is 3.91. The molecule has 2 rings (SSSR count). The molecule has 1 saturated heterocycles. The van der Waals surface area contributed by atoms with Crippen LogP contribution in [0, 0.1) is 29.1 Å². The summed E-state index contributed by atoms with van der Waals surface area (Å²) in [6.45, 7) is 0.0245. The van der Waals surface area contributed by atoms with Gasteiger partial charge in [0.1, 0.15) is 5.56 Å². The Morgan fingerprint density at radius 2 is 1.33 bits per heavy atom. The first-order valence-corrected chi connectivity index (χ1v) is 4.90. The Bertz CT molecular complexity index is 498. The molecule has 1 heterocycles. The molecule has 1 aromatic rings. The number of carbonyl (C=O) groups excluding carboxylic acids is 1. The van der Waals surface area contributed by atoms with Gasteiger partial charge in [0.2, 0.25) is 5.82 Å². The second-order valence-corrected chi connectivity index (χ2v) is 3.92. The van der Waals surface area contributed by atoms with Crippen molar-refractivity contribution in [2.24, 2.45) is 5.73 Å². The number of carbonyl (C=O) groups is 1. The zero-order valence-electron chi connectivity index (χ0n) is 8.81. The maximum Gasteiger partial charge on any atom is 0.260 e. The molecule has 0 radical (unpaired) electrons. The third-order valence-corrected chi connectivity index (χ3v) is 2.62. The van der Waals surface area contributed by atoms with Crippen LogP contribution in [0.1, 0.15) is 10.4 Å². The van der Waals surface area contributed by atoms with Crippen LogP contribution >= 0.6 is 0 Å². The van der Waals surface area contributed by atoms with E-state index in [1.807, 2.05) is 0 Å². The Hall–Kier alpha value is -1.70. The molecule has 98 valence electrons. The molecule has 0 atom stereocenters. The third-order valence-electron chi connectivity index (χ3n) is 2.62. The molecule has 1 aliphatic heterocycles. The van der Waals surface area contributed by atoms with E-state index in [4.69, 9.17) is 5.73 Å². The fraction of sp³-hybridized carbons (Fsp3) is 0.300. The van der Waals surface area contributed by atoms with Crippen molar-refractivity contribution in [2.45, 2.75) is 6.04 Å². The van der Waals surface area contributed by atoms with E-state index in [9.17, 15) is 26.7 Å². The summed E-state index contributed by atoms with van der Waals surface area (Å²) in [4.78, 5) is 12.5. The van der Waals surface area contributed by atoms with Gasteiger partial charge in [-0.15, -0.1) is 0 Å². The molecule has 1 aliphatic rings. The summed E-state index contributed by atoms with van der Waals surface area (Å²) in [6, 6.07) is -0.352. The molecule has 0 aliphatic carbocycles. The lowest BCUT2D eigenvalue weighted by Gasteiger charge is -2.36. The van der Waals surface area contributed by atoms with Crippen molar-refractivity contribution in [3.8, 4) is 0 Å². The van der Waals surface area contributed by atoms with Crippen LogP contribution in [0.15, 0.2) is 0 Å². The molecule has 8 heteroatoms. The summed E-state index contributed by atoms with van der Waals surface area (Å²) in [6.07, 6.45) is 0. The number of halogens is 5. The number of hydrogen-bond donors (Lipinski definition) is 1. The minimum Gasteiger partial charge on any atom is -0.335 e. The zero-order valence-corrected chi connectivity index (χ0v) is 8.81. The molecule has 0 aromatic heterocycles. The molecule has 1 aromatic carbocycles. The van der Waals surface area contributed by atoms with E-state index in [0.717, 1.165) is 4.90 Å². The van der Waals surface area contributed by atoms with Gasteiger partial charge in [0.05, 0.1) is 0 Å². The van der Waals surface area contributed by atoms with Crippen LogP contribution in [0.3, 0.4) is 0 Å². The average Bonchev–Trinajstić information content (AvgIpc) is 2.30. The molecule has 0 spiro atoms. The molecular weight excluding hydrogens is 259 g/mol. The van der Waals surface area contributed by atoms with E-state index in [1.54, 1.807) is 0 Å². The normalized spacial score (nSPS) is 15.8. The largest absolute Gasteiger partial charge is 0.335 e. The first-order chi connectivity index (χ1) is 8.34.